The Hall–Kier alpha value is -2.08. The molecule has 0 unspecified atom stereocenters. The van der Waals surface area contributed by atoms with E-state index in [4.69, 9.17) is 11.6 Å². The highest BCUT2D eigenvalue weighted by Gasteiger charge is 2.40. The van der Waals surface area contributed by atoms with Crippen LogP contribution in [0.2, 0.25) is 5.02 Å². The van der Waals surface area contributed by atoms with E-state index in [9.17, 15) is 19.5 Å². The molecule has 1 aromatic carbocycles. The Morgan fingerprint density at radius 2 is 1.87 bits per heavy atom. The molecule has 0 bridgehead atoms. The molecule has 0 radical (unpaired) electrons. The molecule has 1 fully saturated rings. The van der Waals surface area contributed by atoms with Crippen molar-refractivity contribution in [1.82, 2.24) is 9.80 Å². The van der Waals surface area contributed by atoms with E-state index in [1.165, 1.54) is 16.7 Å². The summed E-state index contributed by atoms with van der Waals surface area (Å²) in [6.45, 7) is 1.80. The van der Waals surface area contributed by atoms with E-state index in [2.05, 4.69) is 0 Å². The van der Waals surface area contributed by atoms with Crippen LogP contribution in [0.1, 0.15) is 18.4 Å². The summed E-state index contributed by atoms with van der Waals surface area (Å²) < 4.78 is 0. The number of likely N-dealkylation sites (tertiary alicyclic amines) is 1. The van der Waals surface area contributed by atoms with Gasteiger partial charge in [-0.3, -0.25) is 14.4 Å². The Kier molecular flexibility index (Phi) is 5.26. The SMILES string of the molecule is CC(=O)N(C)CC(=O)N1C[C@@H](C(=O)O)[C@H](c2ccc(Cl)cc2)C1. The zero-order valence-corrected chi connectivity index (χ0v) is 13.8. The van der Waals surface area contributed by atoms with Crippen molar-refractivity contribution in [3.05, 3.63) is 34.9 Å². The van der Waals surface area contributed by atoms with Crippen molar-refractivity contribution >= 4 is 29.4 Å². The first kappa shape index (κ1) is 17.3. The fourth-order valence-electron chi connectivity index (χ4n) is 2.72. The number of hydrogen-bond acceptors (Lipinski definition) is 3. The number of carbonyl (C=O) groups excluding carboxylic acids is 2. The molecule has 0 aromatic heterocycles. The Bertz CT molecular complexity index is 617. The quantitative estimate of drug-likeness (QED) is 0.901. The van der Waals surface area contributed by atoms with Crippen LogP contribution in [-0.4, -0.2) is 59.4 Å². The van der Waals surface area contributed by atoms with Gasteiger partial charge < -0.3 is 14.9 Å². The Morgan fingerprint density at radius 3 is 2.39 bits per heavy atom. The molecule has 2 amide bonds. The molecule has 2 atom stereocenters. The number of aliphatic carboxylic acids is 1. The lowest BCUT2D eigenvalue weighted by Crippen LogP contribution is -2.39. The Labute approximate surface area is 139 Å². The molecule has 1 saturated heterocycles. The summed E-state index contributed by atoms with van der Waals surface area (Å²) in [5.74, 6) is -2.33. The third-order valence-corrected chi connectivity index (χ3v) is 4.45. The summed E-state index contributed by atoms with van der Waals surface area (Å²) in [4.78, 5) is 37.9. The minimum atomic E-state index is -0.930. The molecule has 2 rings (SSSR count). The minimum absolute atomic E-state index is 0.0466. The van der Waals surface area contributed by atoms with Gasteiger partial charge in [0.1, 0.15) is 0 Å². The molecular weight excluding hydrogens is 320 g/mol. The average Bonchev–Trinajstić information content (AvgIpc) is 2.93. The summed E-state index contributed by atoms with van der Waals surface area (Å²) in [6.07, 6.45) is 0. The number of halogens is 1. The average molecular weight is 339 g/mol. The van der Waals surface area contributed by atoms with Gasteiger partial charge in [0.05, 0.1) is 12.5 Å². The highest BCUT2D eigenvalue weighted by molar-refractivity contribution is 6.30. The highest BCUT2D eigenvalue weighted by atomic mass is 35.5. The van der Waals surface area contributed by atoms with E-state index in [1.807, 2.05) is 0 Å². The maximum Gasteiger partial charge on any atom is 0.308 e. The highest BCUT2D eigenvalue weighted by Crippen LogP contribution is 2.33. The van der Waals surface area contributed by atoms with Crippen molar-refractivity contribution in [2.75, 3.05) is 26.7 Å². The molecule has 1 aliphatic heterocycles. The van der Waals surface area contributed by atoms with E-state index < -0.39 is 11.9 Å². The predicted molar refractivity (Wildman–Crippen MR) is 85.2 cm³/mol. The van der Waals surface area contributed by atoms with Crippen LogP contribution in [-0.2, 0) is 14.4 Å². The summed E-state index contributed by atoms with van der Waals surface area (Å²) in [6, 6.07) is 7.00. The van der Waals surface area contributed by atoms with Gasteiger partial charge in [-0.15, -0.1) is 0 Å². The maximum absolute atomic E-state index is 12.3. The van der Waals surface area contributed by atoms with Gasteiger partial charge in [-0.25, -0.2) is 0 Å². The van der Waals surface area contributed by atoms with Crippen molar-refractivity contribution in [2.45, 2.75) is 12.8 Å². The van der Waals surface area contributed by atoms with E-state index >= 15 is 0 Å². The first-order chi connectivity index (χ1) is 10.8. The van der Waals surface area contributed by atoms with Crippen molar-refractivity contribution in [3.63, 3.8) is 0 Å². The molecular formula is C16H19ClN2O4. The zero-order chi connectivity index (χ0) is 17.1. The summed E-state index contributed by atoms with van der Waals surface area (Å²) in [5, 5.41) is 10.0. The first-order valence-corrected chi connectivity index (χ1v) is 7.65. The van der Waals surface area contributed by atoms with Crippen molar-refractivity contribution in [1.29, 1.82) is 0 Å². The standard InChI is InChI=1S/C16H19ClN2O4/c1-10(20)18(2)9-15(21)19-7-13(14(8-19)16(22)23)11-3-5-12(17)6-4-11/h3-6,13-14H,7-9H2,1-2H3,(H,22,23)/t13-,14+/m0/s1. The number of rotatable bonds is 4. The monoisotopic (exact) mass is 338 g/mol. The second kappa shape index (κ2) is 7.00. The van der Waals surface area contributed by atoms with Gasteiger partial charge in [-0.1, -0.05) is 23.7 Å². The summed E-state index contributed by atoms with van der Waals surface area (Å²) in [7, 11) is 1.54. The molecule has 0 aliphatic carbocycles. The fourth-order valence-corrected chi connectivity index (χ4v) is 2.85. The number of carbonyl (C=O) groups is 3. The molecule has 1 aromatic rings. The van der Waals surface area contributed by atoms with E-state index in [1.54, 1.807) is 31.3 Å². The van der Waals surface area contributed by atoms with Gasteiger partial charge in [-0.05, 0) is 17.7 Å². The summed E-state index contributed by atoms with van der Waals surface area (Å²) in [5.41, 5.74) is 0.844. The van der Waals surface area contributed by atoms with Crippen molar-refractivity contribution in [2.24, 2.45) is 5.92 Å². The van der Waals surface area contributed by atoms with Gasteiger partial charge in [0, 0.05) is 38.0 Å². The number of carboxylic acid groups (broad SMARTS) is 1. The predicted octanol–water partition coefficient (Wildman–Crippen LogP) is 1.44. The van der Waals surface area contributed by atoms with Crippen LogP contribution in [0.4, 0.5) is 0 Å². The third kappa shape index (κ3) is 4.01. The van der Waals surface area contributed by atoms with Crippen molar-refractivity contribution in [3.8, 4) is 0 Å². The van der Waals surface area contributed by atoms with Crippen LogP contribution in [0.25, 0.3) is 0 Å². The third-order valence-electron chi connectivity index (χ3n) is 4.20. The van der Waals surface area contributed by atoms with Gasteiger partial charge in [0.2, 0.25) is 11.8 Å². The molecule has 6 nitrogen and oxygen atoms in total. The van der Waals surface area contributed by atoms with Crippen LogP contribution in [0, 0.1) is 5.92 Å². The lowest BCUT2D eigenvalue weighted by molar-refractivity contribution is -0.142. The zero-order valence-electron chi connectivity index (χ0n) is 13.0. The van der Waals surface area contributed by atoms with E-state index in [0.29, 0.717) is 11.6 Å². The number of likely N-dealkylation sites (N-methyl/N-ethyl adjacent to an activating group) is 1. The van der Waals surface area contributed by atoms with Crippen LogP contribution in [0.15, 0.2) is 24.3 Å². The number of carboxylic acids is 1. The summed E-state index contributed by atoms with van der Waals surface area (Å²) >= 11 is 5.87. The molecule has 1 aliphatic rings. The number of nitrogens with zero attached hydrogens (tertiary/aromatic N) is 2. The number of benzene rings is 1. The largest absolute Gasteiger partial charge is 0.481 e. The Morgan fingerprint density at radius 1 is 1.26 bits per heavy atom. The molecule has 23 heavy (non-hydrogen) atoms. The lowest BCUT2D eigenvalue weighted by Gasteiger charge is -2.20. The van der Waals surface area contributed by atoms with Crippen LogP contribution in [0.3, 0.4) is 0 Å². The topological polar surface area (TPSA) is 77.9 Å². The molecule has 1 heterocycles. The molecule has 7 heteroatoms. The fraction of sp³-hybridized carbons (Fsp3) is 0.438. The minimum Gasteiger partial charge on any atom is -0.481 e. The van der Waals surface area contributed by atoms with E-state index in [-0.39, 0.29) is 30.8 Å². The van der Waals surface area contributed by atoms with Gasteiger partial charge in [0.25, 0.3) is 0 Å². The van der Waals surface area contributed by atoms with Gasteiger partial charge >= 0.3 is 5.97 Å². The van der Waals surface area contributed by atoms with E-state index in [0.717, 1.165) is 5.56 Å². The van der Waals surface area contributed by atoms with Crippen LogP contribution >= 0.6 is 11.6 Å². The van der Waals surface area contributed by atoms with Gasteiger partial charge in [0.15, 0.2) is 0 Å². The molecule has 1 N–H and O–H groups in total. The second-order valence-corrected chi connectivity index (χ2v) is 6.21. The number of amides is 2. The smallest absolute Gasteiger partial charge is 0.308 e. The maximum atomic E-state index is 12.3. The lowest BCUT2D eigenvalue weighted by atomic mass is 9.89. The Balaban J connectivity index is 2.14. The van der Waals surface area contributed by atoms with Crippen LogP contribution in [0.5, 0.6) is 0 Å². The second-order valence-electron chi connectivity index (χ2n) is 5.78. The number of hydrogen-bond donors (Lipinski definition) is 1. The van der Waals surface area contributed by atoms with Crippen LogP contribution < -0.4 is 0 Å². The molecule has 0 spiro atoms. The normalized spacial score (nSPS) is 20.4. The molecule has 0 saturated carbocycles. The first-order valence-electron chi connectivity index (χ1n) is 7.27. The van der Waals surface area contributed by atoms with Gasteiger partial charge in [-0.2, -0.15) is 0 Å². The molecule has 124 valence electrons. The van der Waals surface area contributed by atoms with Crippen molar-refractivity contribution < 1.29 is 19.5 Å².